The van der Waals surface area contributed by atoms with E-state index in [2.05, 4.69) is 126 Å². The summed E-state index contributed by atoms with van der Waals surface area (Å²) in [7, 11) is 0. The fourth-order valence-electron chi connectivity index (χ4n) is 6.52. The zero-order valence-corrected chi connectivity index (χ0v) is 22.1. The van der Waals surface area contributed by atoms with Crippen LogP contribution < -0.4 is 0 Å². The van der Waals surface area contributed by atoms with Gasteiger partial charge in [-0.15, -0.1) is 0 Å². The average Bonchev–Trinajstić information content (AvgIpc) is 3.07. The Morgan fingerprint density at radius 1 is 0.556 bits per heavy atom. The Balaban J connectivity index is 1.47. The van der Waals surface area contributed by atoms with Crippen LogP contribution in [0, 0.1) is 6.92 Å². The predicted octanol–water partition coefficient (Wildman–Crippen LogP) is 10.2. The van der Waals surface area contributed by atoms with E-state index in [1.165, 1.54) is 76.8 Å². The maximum Gasteiger partial charge on any atom is 0.0159 e. The molecule has 0 heterocycles. The summed E-state index contributed by atoms with van der Waals surface area (Å²) < 4.78 is 0. The van der Waals surface area contributed by atoms with Crippen LogP contribution in [0.5, 0.6) is 0 Å². The molecular formula is C36H32. The summed E-state index contributed by atoms with van der Waals surface area (Å²) in [5.74, 6) is 0. The lowest BCUT2D eigenvalue weighted by atomic mass is 9.80. The van der Waals surface area contributed by atoms with Gasteiger partial charge in [-0.3, -0.25) is 0 Å². The van der Waals surface area contributed by atoms with Crippen molar-refractivity contribution in [3.63, 3.8) is 0 Å². The molecule has 0 saturated carbocycles. The molecule has 0 spiro atoms. The van der Waals surface area contributed by atoms with E-state index in [0.29, 0.717) is 0 Å². The predicted molar refractivity (Wildman–Crippen MR) is 157 cm³/mol. The first-order chi connectivity index (χ1) is 17.1. The lowest BCUT2D eigenvalue weighted by Crippen LogP contribution is -2.15. The van der Waals surface area contributed by atoms with Gasteiger partial charge in [-0.2, -0.15) is 0 Å². The maximum absolute atomic E-state index is 2.45. The van der Waals surface area contributed by atoms with Gasteiger partial charge in [0.05, 0.1) is 0 Å². The van der Waals surface area contributed by atoms with Gasteiger partial charge < -0.3 is 0 Å². The van der Waals surface area contributed by atoms with Crippen LogP contribution in [-0.2, 0) is 10.8 Å². The number of benzene rings is 6. The molecular weight excluding hydrogens is 432 g/mol. The number of hydrogen-bond acceptors (Lipinski definition) is 0. The Morgan fingerprint density at radius 2 is 1.14 bits per heavy atom. The topological polar surface area (TPSA) is 0 Å². The van der Waals surface area contributed by atoms with Gasteiger partial charge in [-0.1, -0.05) is 119 Å². The summed E-state index contributed by atoms with van der Waals surface area (Å²) in [5.41, 5.74) is 11.1. The number of aryl methyl sites for hydroxylation is 1. The van der Waals surface area contributed by atoms with E-state index in [4.69, 9.17) is 0 Å². The second-order valence-electron chi connectivity index (χ2n) is 12.4. The van der Waals surface area contributed by atoms with Crippen LogP contribution in [0.3, 0.4) is 0 Å². The molecule has 7 rings (SSSR count). The quantitative estimate of drug-likeness (QED) is 0.212. The molecule has 0 amide bonds. The molecule has 1 aliphatic carbocycles. The van der Waals surface area contributed by atoms with E-state index in [1.807, 2.05) is 0 Å². The lowest BCUT2D eigenvalue weighted by molar-refractivity contribution is 0.591. The van der Waals surface area contributed by atoms with Gasteiger partial charge in [0.15, 0.2) is 0 Å². The van der Waals surface area contributed by atoms with Crippen molar-refractivity contribution in [2.45, 2.75) is 52.4 Å². The highest BCUT2D eigenvalue weighted by Crippen LogP contribution is 2.50. The van der Waals surface area contributed by atoms with Crippen molar-refractivity contribution in [2.24, 2.45) is 0 Å². The summed E-state index contributed by atoms with van der Waals surface area (Å²) in [5, 5.41) is 8.13. The molecule has 36 heavy (non-hydrogen) atoms. The van der Waals surface area contributed by atoms with Gasteiger partial charge in [0.2, 0.25) is 0 Å². The molecule has 176 valence electrons. The van der Waals surface area contributed by atoms with Crippen LogP contribution in [0.1, 0.15) is 56.9 Å². The molecule has 1 aliphatic rings. The minimum atomic E-state index is -0.000160. The van der Waals surface area contributed by atoms with Crippen LogP contribution in [0.15, 0.2) is 84.9 Å². The molecule has 0 bridgehead atoms. The van der Waals surface area contributed by atoms with Crippen molar-refractivity contribution in [1.82, 2.24) is 0 Å². The normalized spacial score (nSPS) is 14.6. The first kappa shape index (κ1) is 21.6. The molecule has 0 heteroatoms. The maximum atomic E-state index is 2.45. The monoisotopic (exact) mass is 464 g/mol. The van der Waals surface area contributed by atoms with Crippen LogP contribution in [0.2, 0.25) is 0 Å². The summed E-state index contributed by atoms with van der Waals surface area (Å²) >= 11 is 0. The molecule has 0 saturated heterocycles. The third-order valence-electron chi connectivity index (χ3n) is 8.61. The molecule has 0 aromatic heterocycles. The molecule has 0 unspecified atom stereocenters. The Hall–Kier alpha value is -3.64. The Bertz CT molecular complexity index is 1820. The molecule has 6 aromatic carbocycles. The number of rotatable bonds is 1. The summed E-state index contributed by atoms with van der Waals surface area (Å²) in [6, 6.07) is 32.7. The van der Waals surface area contributed by atoms with Gasteiger partial charge in [-0.05, 0) is 89.7 Å². The smallest absolute Gasteiger partial charge is 0.0159 e. The second kappa shape index (κ2) is 6.98. The number of fused-ring (bicyclic) bond motifs is 3. The highest BCUT2D eigenvalue weighted by atomic mass is 14.4. The van der Waals surface area contributed by atoms with Gasteiger partial charge in [0.25, 0.3) is 0 Å². The van der Waals surface area contributed by atoms with E-state index in [1.54, 1.807) is 0 Å². The van der Waals surface area contributed by atoms with E-state index in [0.717, 1.165) is 0 Å². The lowest BCUT2D eigenvalue weighted by Gasteiger charge is -2.23. The minimum absolute atomic E-state index is 0.000160. The first-order valence-electron chi connectivity index (χ1n) is 13.1. The van der Waals surface area contributed by atoms with Crippen molar-refractivity contribution < 1.29 is 0 Å². The molecule has 0 aliphatic heterocycles. The van der Waals surface area contributed by atoms with Crippen LogP contribution in [0.25, 0.3) is 54.6 Å². The largest absolute Gasteiger partial charge is 0.0587 e. The van der Waals surface area contributed by atoms with E-state index in [-0.39, 0.29) is 10.8 Å². The SMILES string of the molecule is Cc1ccc2c(c1)C(C)(C)c1cc(-c3ccc4ccc5cc(C(C)(C)C)cc6ccc3c4c56)ccc1-2. The Morgan fingerprint density at radius 3 is 1.86 bits per heavy atom. The molecule has 0 nitrogen and oxygen atoms in total. The Labute approximate surface area is 213 Å². The fraction of sp³-hybridized carbons (Fsp3) is 0.222. The van der Waals surface area contributed by atoms with Gasteiger partial charge in [0, 0.05) is 5.41 Å². The van der Waals surface area contributed by atoms with Crippen molar-refractivity contribution in [1.29, 1.82) is 0 Å². The highest BCUT2D eigenvalue weighted by Gasteiger charge is 2.35. The van der Waals surface area contributed by atoms with Crippen molar-refractivity contribution in [3.8, 4) is 22.3 Å². The minimum Gasteiger partial charge on any atom is -0.0587 e. The van der Waals surface area contributed by atoms with E-state index in [9.17, 15) is 0 Å². The van der Waals surface area contributed by atoms with Gasteiger partial charge in [0.1, 0.15) is 0 Å². The molecule has 6 aromatic rings. The van der Waals surface area contributed by atoms with Crippen molar-refractivity contribution >= 4 is 32.3 Å². The van der Waals surface area contributed by atoms with E-state index < -0.39 is 0 Å². The second-order valence-corrected chi connectivity index (χ2v) is 12.4. The highest BCUT2D eigenvalue weighted by molar-refractivity contribution is 6.25. The number of hydrogen-bond donors (Lipinski definition) is 0. The van der Waals surface area contributed by atoms with Gasteiger partial charge >= 0.3 is 0 Å². The van der Waals surface area contributed by atoms with Gasteiger partial charge in [-0.25, -0.2) is 0 Å². The standard InChI is InChI=1S/C36H32/c1-21-7-13-28-29-15-11-23(20-32(29)36(5,6)31(28)17-21)27-14-10-22-8-9-24-18-26(35(2,3)4)19-25-12-16-30(27)34(22)33(24)25/h7-20H,1-6H3. The fourth-order valence-corrected chi connectivity index (χ4v) is 6.52. The molecule has 0 fully saturated rings. The summed E-state index contributed by atoms with van der Waals surface area (Å²) in [6.45, 7) is 13.8. The summed E-state index contributed by atoms with van der Waals surface area (Å²) in [6.07, 6.45) is 0. The first-order valence-corrected chi connectivity index (χ1v) is 13.1. The Kier molecular flexibility index (Phi) is 4.19. The van der Waals surface area contributed by atoms with Crippen LogP contribution in [-0.4, -0.2) is 0 Å². The molecule has 0 N–H and O–H groups in total. The van der Waals surface area contributed by atoms with Crippen molar-refractivity contribution in [3.05, 3.63) is 107 Å². The third-order valence-corrected chi connectivity index (χ3v) is 8.61. The van der Waals surface area contributed by atoms with Crippen LogP contribution >= 0.6 is 0 Å². The summed E-state index contributed by atoms with van der Waals surface area (Å²) in [4.78, 5) is 0. The van der Waals surface area contributed by atoms with Crippen LogP contribution in [0.4, 0.5) is 0 Å². The third kappa shape index (κ3) is 2.88. The zero-order chi connectivity index (χ0) is 25.0. The zero-order valence-electron chi connectivity index (χ0n) is 22.1. The van der Waals surface area contributed by atoms with E-state index >= 15 is 0 Å². The molecule has 0 atom stereocenters. The average molecular weight is 465 g/mol. The van der Waals surface area contributed by atoms with Crippen molar-refractivity contribution in [2.75, 3.05) is 0 Å². The molecule has 0 radical (unpaired) electrons.